The van der Waals surface area contributed by atoms with Crippen molar-refractivity contribution in [3.8, 4) is 0 Å². The molecular weight excluding hydrogens is 298 g/mol. The molecular formula is C12H25N3O5S. The second-order valence-corrected chi connectivity index (χ2v) is 7.70. The van der Waals surface area contributed by atoms with E-state index in [0.717, 1.165) is 6.26 Å². The van der Waals surface area contributed by atoms with Gasteiger partial charge in [0.25, 0.3) is 0 Å². The predicted octanol–water partition coefficient (Wildman–Crippen LogP) is 0.257. The third-order valence-electron chi connectivity index (χ3n) is 2.76. The van der Waals surface area contributed by atoms with Gasteiger partial charge in [-0.05, 0) is 27.2 Å². The van der Waals surface area contributed by atoms with E-state index in [1.165, 1.54) is 6.92 Å². The summed E-state index contributed by atoms with van der Waals surface area (Å²) in [5, 5.41) is 14.0. The molecule has 0 spiro atoms. The summed E-state index contributed by atoms with van der Waals surface area (Å²) < 4.78 is 24.7. The van der Waals surface area contributed by atoms with Crippen LogP contribution < -0.4 is 15.4 Å². The van der Waals surface area contributed by atoms with E-state index in [4.69, 9.17) is 5.11 Å². The number of carbonyl (C=O) groups excluding carboxylic acids is 1. The monoisotopic (exact) mass is 323 g/mol. The van der Waals surface area contributed by atoms with Gasteiger partial charge in [0.2, 0.25) is 10.0 Å². The first kappa shape index (κ1) is 19.7. The first-order valence-corrected chi connectivity index (χ1v) is 8.49. The zero-order chi connectivity index (χ0) is 16.9. The summed E-state index contributed by atoms with van der Waals surface area (Å²) in [4.78, 5) is 23.0. The molecule has 1 atom stereocenters. The van der Waals surface area contributed by atoms with Crippen molar-refractivity contribution >= 4 is 22.0 Å². The number of hydrogen-bond acceptors (Lipinski definition) is 4. The van der Waals surface area contributed by atoms with Crippen molar-refractivity contribution in [2.24, 2.45) is 0 Å². The first-order chi connectivity index (χ1) is 9.31. The number of carboxylic acid groups (broad SMARTS) is 1. The van der Waals surface area contributed by atoms with Crippen LogP contribution in [0.2, 0.25) is 0 Å². The molecule has 21 heavy (non-hydrogen) atoms. The van der Waals surface area contributed by atoms with Crippen molar-refractivity contribution in [1.29, 1.82) is 0 Å². The summed E-state index contributed by atoms with van der Waals surface area (Å²) in [7, 11) is -3.40. The zero-order valence-electron chi connectivity index (χ0n) is 13.1. The standard InChI is InChI=1S/C12H25N3O5S/c1-6-7-12(4,9(16)17)14-10(18)13-8-11(2,3)15-21(5,19)20/h15H,6-8H2,1-5H3,(H,16,17)(H2,13,14,18). The Hall–Kier alpha value is -1.35. The number of urea groups is 1. The van der Waals surface area contributed by atoms with E-state index in [-0.39, 0.29) is 6.54 Å². The summed E-state index contributed by atoms with van der Waals surface area (Å²) >= 11 is 0. The van der Waals surface area contributed by atoms with Crippen LogP contribution in [0.15, 0.2) is 0 Å². The van der Waals surface area contributed by atoms with E-state index in [9.17, 15) is 18.0 Å². The van der Waals surface area contributed by atoms with E-state index in [0.29, 0.717) is 12.8 Å². The second-order valence-electron chi connectivity index (χ2n) is 5.95. The first-order valence-electron chi connectivity index (χ1n) is 6.60. The van der Waals surface area contributed by atoms with Gasteiger partial charge < -0.3 is 15.7 Å². The highest BCUT2D eigenvalue weighted by atomic mass is 32.2. The smallest absolute Gasteiger partial charge is 0.329 e. The van der Waals surface area contributed by atoms with Crippen LogP contribution in [0.5, 0.6) is 0 Å². The van der Waals surface area contributed by atoms with Gasteiger partial charge in [-0.3, -0.25) is 0 Å². The Morgan fingerprint density at radius 3 is 2.10 bits per heavy atom. The lowest BCUT2D eigenvalue weighted by Crippen LogP contribution is -2.58. The Morgan fingerprint density at radius 1 is 1.19 bits per heavy atom. The number of carbonyl (C=O) groups is 2. The molecule has 2 amide bonds. The SMILES string of the molecule is CCCC(C)(NC(=O)NCC(C)(C)NS(C)(=O)=O)C(=O)O. The molecule has 0 aliphatic heterocycles. The van der Waals surface area contributed by atoms with Gasteiger partial charge in [-0.15, -0.1) is 0 Å². The number of carboxylic acids is 1. The molecule has 0 saturated carbocycles. The van der Waals surface area contributed by atoms with Gasteiger partial charge in [0.1, 0.15) is 5.54 Å². The molecule has 0 rings (SSSR count). The van der Waals surface area contributed by atoms with Crippen molar-refractivity contribution in [2.45, 2.75) is 51.6 Å². The van der Waals surface area contributed by atoms with E-state index in [2.05, 4.69) is 15.4 Å². The molecule has 0 aliphatic rings. The van der Waals surface area contributed by atoms with Gasteiger partial charge in [-0.2, -0.15) is 0 Å². The average molecular weight is 323 g/mol. The maximum atomic E-state index is 11.8. The molecule has 4 N–H and O–H groups in total. The zero-order valence-corrected chi connectivity index (χ0v) is 13.9. The minimum absolute atomic E-state index is 0.0216. The lowest BCUT2D eigenvalue weighted by atomic mass is 9.96. The minimum Gasteiger partial charge on any atom is -0.480 e. The molecule has 0 fully saturated rings. The highest BCUT2D eigenvalue weighted by molar-refractivity contribution is 7.88. The Labute approximate surface area is 125 Å². The molecule has 0 aliphatic carbocycles. The van der Waals surface area contributed by atoms with Crippen molar-refractivity contribution in [3.63, 3.8) is 0 Å². The maximum absolute atomic E-state index is 11.8. The number of aliphatic carboxylic acids is 1. The molecule has 124 valence electrons. The Bertz CT molecular complexity index is 489. The van der Waals surface area contributed by atoms with Crippen molar-refractivity contribution in [2.75, 3.05) is 12.8 Å². The van der Waals surface area contributed by atoms with E-state index in [1.54, 1.807) is 13.8 Å². The van der Waals surface area contributed by atoms with Gasteiger partial charge >= 0.3 is 12.0 Å². The summed E-state index contributed by atoms with van der Waals surface area (Å²) in [6.07, 6.45) is 1.92. The van der Waals surface area contributed by atoms with Crippen LogP contribution in [0.1, 0.15) is 40.5 Å². The van der Waals surface area contributed by atoms with Gasteiger partial charge in [0.15, 0.2) is 0 Å². The van der Waals surface area contributed by atoms with Crippen LogP contribution in [0.25, 0.3) is 0 Å². The largest absolute Gasteiger partial charge is 0.480 e. The fourth-order valence-electron chi connectivity index (χ4n) is 1.86. The van der Waals surface area contributed by atoms with E-state index >= 15 is 0 Å². The van der Waals surface area contributed by atoms with Crippen LogP contribution in [-0.4, -0.2) is 49.4 Å². The lowest BCUT2D eigenvalue weighted by molar-refractivity contribution is -0.144. The van der Waals surface area contributed by atoms with Crippen LogP contribution in [0.3, 0.4) is 0 Å². The fraction of sp³-hybridized carbons (Fsp3) is 0.833. The predicted molar refractivity (Wildman–Crippen MR) is 79.5 cm³/mol. The molecule has 0 aromatic heterocycles. The topological polar surface area (TPSA) is 125 Å². The van der Waals surface area contributed by atoms with Crippen molar-refractivity contribution in [1.82, 2.24) is 15.4 Å². The number of hydrogen-bond donors (Lipinski definition) is 4. The molecule has 0 saturated heterocycles. The minimum atomic E-state index is -3.40. The van der Waals surface area contributed by atoms with Crippen LogP contribution in [0.4, 0.5) is 4.79 Å². The summed E-state index contributed by atoms with van der Waals surface area (Å²) in [6, 6.07) is -0.656. The van der Waals surface area contributed by atoms with Crippen LogP contribution >= 0.6 is 0 Å². The fourth-order valence-corrected chi connectivity index (χ4v) is 2.93. The molecule has 0 radical (unpaired) electrons. The van der Waals surface area contributed by atoms with Gasteiger partial charge in [0, 0.05) is 12.1 Å². The average Bonchev–Trinajstić information content (AvgIpc) is 2.23. The van der Waals surface area contributed by atoms with Crippen molar-refractivity contribution in [3.05, 3.63) is 0 Å². The third-order valence-corrected chi connectivity index (χ3v) is 3.69. The lowest BCUT2D eigenvalue weighted by Gasteiger charge is -2.28. The molecule has 0 aromatic rings. The van der Waals surface area contributed by atoms with Crippen LogP contribution in [-0.2, 0) is 14.8 Å². The maximum Gasteiger partial charge on any atom is 0.329 e. The quantitative estimate of drug-likeness (QED) is 0.510. The molecule has 9 heteroatoms. The Kier molecular flexibility index (Phi) is 6.62. The number of amides is 2. The molecule has 8 nitrogen and oxygen atoms in total. The number of rotatable bonds is 8. The Balaban J connectivity index is 4.60. The van der Waals surface area contributed by atoms with E-state index < -0.39 is 33.1 Å². The highest BCUT2D eigenvalue weighted by Crippen LogP contribution is 2.12. The van der Waals surface area contributed by atoms with Gasteiger partial charge in [-0.1, -0.05) is 13.3 Å². The molecule has 0 heterocycles. The van der Waals surface area contributed by atoms with Crippen molar-refractivity contribution < 1.29 is 23.1 Å². The Morgan fingerprint density at radius 2 is 1.71 bits per heavy atom. The normalized spacial score (nSPS) is 15.1. The summed E-state index contributed by atoms with van der Waals surface area (Å²) in [5.41, 5.74) is -2.23. The molecule has 0 aromatic carbocycles. The van der Waals surface area contributed by atoms with E-state index in [1.807, 2.05) is 6.92 Å². The number of sulfonamides is 1. The van der Waals surface area contributed by atoms with Crippen LogP contribution in [0, 0.1) is 0 Å². The highest BCUT2D eigenvalue weighted by Gasteiger charge is 2.34. The third kappa shape index (κ3) is 7.86. The number of nitrogens with one attached hydrogen (secondary N) is 3. The molecule has 1 unspecified atom stereocenters. The van der Waals surface area contributed by atoms with Gasteiger partial charge in [-0.25, -0.2) is 22.7 Å². The second kappa shape index (κ2) is 7.08. The summed E-state index contributed by atoms with van der Waals surface area (Å²) in [5.74, 6) is -1.12. The molecule has 0 bridgehead atoms. The summed E-state index contributed by atoms with van der Waals surface area (Å²) in [6.45, 7) is 6.49. The van der Waals surface area contributed by atoms with Gasteiger partial charge in [0.05, 0.1) is 6.26 Å².